The Hall–Kier alpha value is -1.50. The number of aromatic nitrogens is 1. The first kappa shape index (κ1) is 20.8. The van der Waals surface area contributed by atoms with Gasteiger partial charge < -0.3 is 15.1 Å². The molecule has 26 heavy (non-hydrogen) atoms. The number of oxazole rings is 1. The summed E-state index contributed by atoms with van der Waals surface area (Å²) in [6, 6.07) is 9.82. The zero-order valence-electron chi connectivity index (χ0n) is 15.0. The van der Waals surface area contributed by atoms with Gasteiger partial charge in [-0.1, -0.05) is 25.1 Å². The van der Waals surface area contributed by atoms with E-state index in [0.717, 1.165) is 43.7 Å². The van der Waals surface area contributed by atoms with Crippen LogP contribution in [0.3, 0.4) is 0 Å². The van der Waals surface area contributed by atoms with Crippen molar-refractivity contribution in [3.05, 3.63) is 42.3 Å². The molecule has 0 spiro atoms. The smallest absolute Gasteiger partial charge is 0.230 e. The topological polar surface area (TPSA) is 67.2 Å². The van der Waals surface area contributed by atoms with Gasteiger partial charge in [-0.05, 0) is 43.5 Å². The second-order valence-electron chi connectivity index (χ2n) is 6.84. The van der Waals surface area contributed by atoms with E-state index in [-0.39, 0.29) is 23.7 Å². The van der Waals surface area contributed by atoms with Gasteiger partial charge in [-0.2, -0.15) is 0 Å². The number of hydrogen-bond donors (Lipinski definition) is 2. The summed E-state index contributed by atoms with van der Waals surface area (Å²) in [6.07, 6.45) is 3.90. The maximum Gasteiger partial charge on any atom is 0.230 e. The van der Waals surface area contributed by atoms with Gasteiger partial charge in [-0.25, -0.2) is 4.98 Å². The van der Waals surface area contributed by atoms with Gasteiger partial charge in [0.2, 0.25) is 11.8 Å². The van der Waals surface area contributed by atoms with Crippen molar-refractivity contribution in [2.75, 3.05) is 25.4 Å². The molecular weight excluding hydrogens is 370 g/mol. The highest BCUT2D eigenvalue weighted by molar-refractivity contribution is 7.99. The first-order valence-corrected chi connectivity index (χ1v) is 9.85. The van der Waals surface area contributed by atoms with E-state index >= 15 is 0 Å². The van der Waals surface area contributed by atoms with Crippen LogP contribution in [0, 0.1) is 5.41 Å². The minimum atomic E-state index is 0. The molecule has 1 aliphatic heterocycles. The molecule has 1 fully saturated rings. The lowest BCUT2D eigenvalue weighted by Crippen LogP contribution is -2.43. The summed E-state index contributed by atoms with van der Waals surface area (Å²) in [5, 5.41) is 6.44. The summed E-state index contributed by atoms with van der Waals surface area (Å²) < 4.78 is 5.52. The number of carbonyl (C=O) groups is 1. The maximum absolute atomic E-state index is 12.1. The van der Waals surface area contributed by atoms with E-state index in [1.54, 1.807) is 18.0 Å². The van der Waals surface area contributed by atoms with Crippen LogP contribution in [-0.4, -0.2) is 36.3 Å². The number of nitrogens with one attached hydrogen (secondary N) is 2. The Labute approximate surface area is 165 Å². The van der Waals surface area contributed by atoms with E-state index in [9.17, 15) is 4.79 Å². The average molecular weight is 396 g/mol. The van der Waals surface area contributed by atoms with Crippen LogP contribution < -0.4 is 10.6 Å². The van der Waals surface area contributed by atoms with Gasteiger partial charge in [0, 0.05) is 17.9 Å². The zero-order chi connectivity index (χ0) is 17.5. The van der Waals surface area contributed by atoms with Crippen molar-refractivity contribution in [1.29, 1.82) is 0 Å². The van der Waals surface area contributed by atoms with Crippen molar-refractivity contribution in [3.8, 4) is 11.5 Å². The molecule has 1 saturated heterocycles. The third-order valence-electron chi connectivity index (χ3n) is 4.58. The van der Waals surface area contributed by atoms with Crippen LogP contribution in [0.4, 0.5) is 0 Å². The van der Waals surface area contributed by atoms with Gasteiger partial charge >= 0.3 is 0 Å². The second-order valence-corrected chi connectivity index (χ2v) is 7.83. The highest BCUT2D eigenvalue weighted by atomic mass is 35.5. The molecule has 0 aliphatic carbocycles. The van der Waals surface area contributed by atoms with Gasteiger partial charge in [0.15, 0.2) is 0 Å². The minimum Gasteiger partial charge on any atom is -0.444 e. The molecule has 2 aromatic rings. The molecule has 0 atom stereocenters. The summed E-state index contributed by atoms with van der Waals surface area (Å²) >= 11 is 1.56. The lowest BCUT2D eigenvalue weighted by molar-refractivity contribution is -0.119. The lowest BCUT2D eigenvalue weighted by Gasteiger charge is -2.34. The van der Waals surface area contributed by atoms with Crippen molar-refractivity contribution in [3.63, 3.8) is 0 Å². The summed E-state index contributed by atoms with van der Waals surface area (Å²) in [5.41, 5.74) is 2.05. The fourth-order valence-electron chi connectivity index (χ4n) is 2.90. The summed E-state index contributed by atoms with van der Waals surface area (Å²) in [4.78, 5) is 16.5. The van der Waals surface area contributed by atoms with Gasteiger partial charge in [0.1, 0.15) is 6.26 Å². The van der Waals surface area contributed by atoms with Crippen LogP contribution in [0.2, 0.25) is 0 Å². The van der Waals surface area contributed by atoms with Crippen LogP contribution in [0.15, 0.2) is 41.0 Å². The second kappa shape index (κ2) is 10.00. The fourth-order valence-corrected chi connectivity index (χ4v) is 3.64. The Bertz CT molecular complexity index is 687. The highest BCUT2D eigenvalue weighted by Gasteiger charge is 2.26. The number of halogens is 1. The van der Waals surface area contributed by atoms with Gasteiger partial charge in [0.25, 0.3) is 0 Å². The van der Waals surface area contributed by atoms with E-state index in [2.05, 4.69) is 22.5 Å². The molecule has 1 aromatic carbocycles. The van der Waals surface area contributed by atoms with Crippen LogP contribution in [0.5, 0.6) is 0 Å². The number of carbonyl (C=O) groups excluding carboxylic acids is 1. The fraction of sp³-hybridized carbons (Fsp3) is 0.474. The molecule has 142 valence electrons. The predicted octanol–water partition coefficient (Wildman–Crippen LogP) is 3.50. The number of nitrogens with zero attached hydrogens (tertiary/aromatic N) is 1. The van der Waals surface area contributed by atoms with Crippen LogP contribution in [-0.2, 0) is 10.5 Å². The van der Waals surface area contributed by atoms with Crippen LogP contribution in [0.25, 0.3) is 11.5 Å². The molecule has 0 unspecified atom stereocenters. The Balaban J connectivity index is 0.00000243. The summed E-state index contributed by atoms with van der Waals surface area (Å²) in [6.45, 7) is 5.09. The molecule has 0 saturated carbocycles. The zero-order valence-corrected chi connectivity index (χ0v) is 16.6. The first-order valence-electron chi connectivity index (χ1n) is 8.70. The van der Waals surface area contributed by atoms with E-state index in [1.807, 2.05) is 30.3 Å². The highest BCUT2D eigenvalue weighted by Crippen LogP contribution is 2.26. The van der Waals surface area contributed by atoms with E-state index < -0.39 is 0 Å². The van der Waals surface area contributed by atoms with Crippen molar-refractivity contribution < 1.29 is 9.21 Å². The molecule has 0 bridgehead atoms. The number of piperidine rings is 1. The molecule has 3 rings (SSSR count). The largest absolute Gasteiger partial charge is 0.444 e. The Morgan fingerprint density at radius 1 is 1.31 bits per heavy atom. The number of hydrogen-bond acceptors (Lipinski definition) is 5. The van der Waals surface area contributed by atoms with E-state index in [0.29, 0.717) is 17.4 Å². The molecule has 1 aliphatic rings. The number of amides is 1. The molecule has 1 amide bonds. The van der Waals surface area contributed by atoms with Crippen molar-refractivity contribution in [2.24, 2.45) is 5.41 Å². The quantitative estimate of drug-likeness (QED) is 0.751. The molecular formula is C19H26ClN3O2S. The van der Waals surface area contributed by atoms with Crippen LogP contribution in [0.1, 0.15) is 25.5 Å². The molecule has 2 N–H and O–H groups in total. The monoisotopic (exact) mass is 395 g/mol. The SMILES string of the molecule is CC1(CNC(=O)CSCc2coc(-c3ccccc3)n2)CCNCC1.Cl. The minimum absolute atomic E-state index is 0. The van der Waals surface area contributed by atoms with Crippen molar-refractivity contribution in [1.82, 2.24) is 15.6 Å². The van der Waals surface area contributed by atoms with E-state index in [1.165, 1.54) is 0 Å². The van der Waals surface area contributed by atoms with Gasteiger partial charge in [-0.3, -0.25) is 4.79 Å². The summed E-state index contributed by atoms with van der Waals surface area (Å²) in [7, 11) is 0. The summed E-state index contributed by atoms with van der Waals surface area (Å²) in [5.74, 6) is 1.84. The van der Waals surface area contributed by atoms with Crippen molar-refractivity contribution >= 4 is 30.1 Å². The molecule has 2 heterocycles. The number of rotatable bonds is 7. The Morgan fingerprint density at radius 2 is 2.04 bits per heavy atom. The predicted molar refractivity (Wildman–Crippen MR) is 109 cm³/mol. The first-order chi connectivity index (χ1) is 12.1. The third kappa shape index (κ3) is 6.04. The molecule has 5 nitrogen and oxygen atoms in total. The number of thioether (sulfide) groups is 1. The standard InChI is InChI=1S/C19H25N3O2S.ClH/c1-19(7-9-20-10-8-19)14-21-17(23)13-25-12-16-11-24-18(22-16)15-5-3-2-4-6-15;/h2-6,11,20H,7-10,12-14H2,1H3,(H,21,23);1H. The Kier molecular flexibility index (Phi) is 8.00. The third-order valence-corrected chi connectivity index (χ3v) is 5.54. The van der Waals surface area contributed by atoms with Gasteiger partial charge in [-0.15, -0.1) is 24.2 Å². The van der Waals surface area contributed by atoms with E-state index in [4.69, 9.17) is 4.42 Å². The normalized spacial score (nSPS) is 15.9. The average Bonchev–Trinajstić information content (AvgIpc) is 3.10. The van der Waals surface area contributed by atoms with Gasteiger partial charge in [0.05, 0.1) is 11.4 Å². The molecule has 1 aromatic heterocycles. The Morgan fingerprint density at radius 3 is 2.77 bits per heavy atom. The molecule has 0 radical (unpaired) electrons. The van der Waals surface area contributed by atoms with Crippen LogP contribution >= 0.6 is 24.2 Å². The molecule has 7 heteroatoms. The van der Waals surface area contributed by atoms with Crippen molar-refractivity contribution in [2.45, 2.75) is 25.5 Å². The number of benzene rings is 1. The lowest BCUT2D eigenvalue weighted by atomic mass is 9.81. The maximum atomic E-state index is 12.1.